The molecule has 5 nitrogen and oxygen atoms in total. The minimum absolute atomic E-state index is 0.278. The molecule has 0 bridgehead atoms. The van der Waals surface area contributed by atoms with E-state index in [0.29, 0.717) is 4.47 Å². The Balaban J connectivity index is 0.000000199. The first kappa shape index (κ1) is 22.9. The van der Waals surface area contributed by atoms with Gasteiger partial charge in [0, 0.05) is 28.0 Å². The molecule has 1 saturated carbocycles. The predicted molar refractivity (Wildman–Crippen MR) is 124 cm³/mol. The van der Waals surface area contributed by atoms with Gasteiger partial charge in [0.15, 0.2) is 0 Å². The number of nitro groups is 1. The molecule has 160 valence electrons. The zero-order valence-electron chi connectivity index (χ0n) is 17.2. The van der Waals surface area contributed by atoms with Gasteiger partial charge in [-0.25, -0.2) is 4.98 Å². The van der Waals surface area contributed by atoms with Crippen molar-refractivity contribution >= 4 is 48.6 Å². The molecule has 0 aliphatic heterocycles. The van der Waals surface area contributed by atoms with Gasteiger partial charge in [-0.1, -0.05) is 52.6 Å². The molecule has 0 unspecified atom stereocenters. The number of nitro benzene ring substituents is 1. The smallest absolute Gasteiger partial charge is 0.305 e. The SMILES string of the molecule is CC(C)(C)Cc1nc2cc(Br)ccc2n1CC1CC1.O=[N+]([O-])c1cc(Br)ccc1F. The molecule has 0 saturated heterocycles. The predicted octanol–water partition coefficient (Wildman–Crippen LogP) is 7.29. The molecule has 30 heavy (non-hydrogen) atoms. The van der Waals surface area contributed by atoms with Crippen LogP contribution in [0.2, 0.25) is 0 Å². The molecule has 1 aliphatic carbocycles. The molecular formula is C22H24Br2FN3O2. The third kappa shape index (κ3) is 6.11. The summed E-state index contributed by atoms with van der Waals surface area (Å²) in [5, 5.41) is 10.1. The van der Waals surface area contributed by atoms with Crippen LogP contribution in [0.5, 0.6) is 0 Å². The van der Waals surface area contributed by atoms with Gasteiger partial charge in [0.1, 0.15) is 5.82 Å². The van der Waals surface area contributed by atoms with Crippen LogP contribution >= 0.6 is 31.9 Å². The van der Waals surface area contributed by atoms with Gasteiger partial charge in [-0.3, -0.25) is 10.1 Å². The molecule has 1 aromatic heterocycles. The summed E-state index contributed by atoms with van der Waals surface area (Å²) in [4.78, 5) is 14.2. The lowest BCUT2D eigenvalue weighted by atomic mass is 9.92. The van der Waals surface area contributed by atoms with E-state index in [4.69, 9.17) is 4.98 Å². The van der Waals surface area contributed by atoms with Crippen LogP contribution in [0.15, 0.2) is 45.3 Å². The summed E-state index contributed by atoms with van der Waals surface area (Å²) in [6, 6.07) is 10.0. The Hall–Kier alpha value is -1.80. The van der Waals surface area contributed by atoms with Crippen molar-refractivity contribution in [2.24, 2.45) is 11.3 Å². The third-order valence-corrected chi connectivity index (χ3v) is 5.71. The summed E-state index contributed by atoms with van der Waals surface area (Å²) >= 11 is 6.54. The van der Waals surface area contributed by atoms with Crippen LogP contribution in [0.25, 0.3) is 11.0 Å². The highest BCUT2D eigenvalue weighted by molar-refractivity contribution is 9.10. The van der Waals surface area contributed by atoms with Crippen molar-refractivity contribution in [3.05, 3.63) is 67.1 Å². The molecule has 1 aliphatic rings. The highest BCUT2D eigenvalue weighted by atomic mass is 79.9. The fourth-order valence-corrected chi connectivity index (χ4v) is 3.85. The number of imidazole rings is 1. The quantitative estimate of drug-likeness (QED) is 0.258. The molecule has 0 amide bonds. The normalized spacial score (nSPS) is 13.8. The number of hydrogen-bond donors (Lipinski definition) is 0. The second kappa shape index (κ2) is 9.14. The van der Waals surface area contributed by atoms with Crippen LogP contribution in [0.3, 0.4) is 0 Å². The molecule has 4 rings (SSSR count). The first-order valence-corrected chi connectivity index (χ1v) is 11.4. The number of fused-ring (bicyclic) bond motifs is 1. The minimum Gasteiger partial charge on any atom is -0.328 e. The maximum absolute atomic E-state index is 12.6. The van der Waals surface area contributed by atoms with Crippen molar-refractivity contribution in [2.75, 3.05) is 0 Å². The van der Waals surface area contributed by atoms with E-state index in [9.17, 15) is 14.5 Å². The molecule has 0 N–H and O–H groups in total. The van der Waals surface area contributed by atoms with E-state index >= 15 is 0 Å². The average Bonchev–Trinajstić information content (AvgIpc) is 3.39. The first-order valence-electron chi connectivity index (χ1n) is 9.77. The zero-order chi connectivity index (χ0) is 22.1. The van der Waals surface area contributed by atoms with E-state index in [1.165, 1.54) is 30.2 Å². The lowest BCUT2D eigenvalue weighted by molar-refractivity contribution is -0.387. The van der Waals surface area contributed by atoms with Gasteiger partial charge in [0.25, 0.3) is 0 Å². The van der Waals surface area contributed by atoms with Gasteiger partial charge in [0.2, 0.25) is 5.82 Å². The number of hydrogen-bond acceptors (Lipinski definition) is 3. The van der Waals surface area contributed by atoms with Crippen molar-refractivity contribution in [1.29, 1.82) is 0 Å². The maximum Gasteiger partial charge on any atom is 0.305 e. The molecular weight excluding hydrogens is 517 g/mol. The van der Waals surface area contributed by atoms with Crippen LogP contribution in [0.1, 0.15) is 39.4 Å². The van der Waals surface area contributed by atoms with E-state index in [1.807, 2.05) is 0 Å². The Morgan fingerprint density at radius 2 is 1.80 bits per heavy atom. The lowest BCUT2D eigenvalue weighted by Gasteiger charge is -2.18. The number of rotatable bonds is 4. The highest BCUT2D eigenvalue weighted by Crippen LogP contribution is 2.34. The van der Waals surface area contributed by atoms with Gasteiger partial charge in [-0.2, -0.15) is 4.39 Å². The summed E-state index contributed by atoms with van der Waals surface area (Å²) in [7, 11) is 0. The van der Waals surface area contributed by atoms with E-state index in [-0.39, 0.29) is 5.41 Å². The third-order valence-electron chi connectivity index (χ3n) is 4.72. The fraction of sp³-hybridized carbons (Fsp3) is 0.409. The molecule has 8 heteroatoms. The van der Waals surface area contributed by atoms with E-state index in [2.05, 4.69) is 75.4 Å². The van der Waals surface area contributed by atoms with Gasteiger partial charge < -0.3 is 4.57 Å². The Kier molecular flexibility index (Phi) is 6.97. The monoisotopic (exact) mass is 539 g/mol. The van der Waals surface area contributed by atoms with Gasteiger partial charge in [-0.15, -0.1) is 0 Å². The van der Waals surface area contributed by atoms with Gasteiger partial charge in [0.05, 0.1) is 16.0 Å². The minimum atomic E-state index is -0.821. The summed E-state index contributed by atoms with van der Waals surface area (Å²) in [6.45, 7) is 7.99. The van der Waals surface area contributed by atoms with Crippen molar-refractivity contribution in [3.8, 4) is 0 Å². The molecule has 3 aromatic rings. The maximum atomic E-state index is 12.6. The summed E-state index contributed by atoms with van der Waals surface area (Å²) in [5.41, 5.74) is 2.17. The molecule has 1 heterocycles. The molecule has 1 fully saturated rings. The number of aromatic nitrogens is 2. The summed E-state index contributed by atoms with van der Waals surface area (Å²) in [5.74, 6) is 1.30. The number of halogens is 3. The van der Waals surface area contributed by atoms with Crippen LogP contribution in [0, 0.1) is 27.3 Å². The van der Waals surface area contributed by atoms with Crippen molar-refractivity contribution in [3.63, 3.8) is 0 Å². The zero-order valence-corrected chi connectivity index (χ0v) is 20.3. The van der Waals surface area contributed by atoms with Gasteiger partial charge in [-0.05, 0) is 54.5 Å². The summed E-state index contributed by atoms with van der Waals surface area (Å²) < 4.78 is 16.6. The van der Waals surface area contributed by atoms with Gasteiger partial charge >= 0.3 is 5.69 Å². The van der Waals surface area contributed by atoms with Crippen LogP contribution < -0.4 is 0 Å². The first-order chi connectivity index (χ1) is 14.0. The second-order valence-electron chi connectivity index (χ2n) is 8.81. The fourth-order valence-electron chi connectivity index (χ4n) is 3.15. The largest absolute Gasteiger partial charge is 0.328 e. The molecule has 2 aromatic carbocycles. The highest BCUT2D eigenvalue weighted by Gasteiger charge is 2.25. The Morgan fingerprint density at radius 1 is 1.17 bits per heavy atom. The van der Waals surface area contributed by atoms with Crippen LogP contribution in [-0.2, 0) is 13.0 Å². The second-order valence-corrected chi connectivity index (χ2v) is 10.6. The topological polar surface area (TPSA) is 61.0 Å². The number of benzene rings is 2. The summed E-state index contributed by atoms with van der Waals surface area (Å²) in [6.07, 6.45) is 3.79. The molecule has 0 atom stereocenters. The molecule has 0 spiro atoms. The molecule has 0 radical (unpaired) electrons. The van der Waals surface area contributed by atoms with E-state index in [0.717, 1.165) is 41.0 Å². The Morgan fingerprint density at radius 3 is 2.37 bits per heavy atom. The van der Waals surface area contributed by atoms with Crippen molar-refractivity contribution in [2.45, 2.75) is 46.6 Å². The van der Waals surface area contributed by atoms with Crippen molar-refractivity contribution in [1.82, 2.24) is 9.55 Å². The average molecular weight is 541 g/mol. The Bertz CT molecular complexity index is 1070. The Labute approximate surface area is 192 Å². The standard InChI is InChI=1S/C16H21BrN2.C6H3BrFNO2/c1-16(2,3)9-15-18-13-8-12(17)6-7-14(13)19(15)10-11-4-5-11;7-4-1-2-5(8)6(3-4)9(10)11/h6-8,11H,4-5,9-10H2,1-3H3;1-3H. The van der Waals surface area contributed by atoms with E-state index < -0.39 is 16.4 Å². The van der Waals surface area contributed by atoms with Crippen molar-refractivity contribution < 1.29 is 9.31 Å². The number of nitrogens with zero attached hydrogens (tertiary/aromatic N) is 3. The van der Waals surface area contributed by atoms with Crippen LogP contribution in [-0.4, -0.2) is 14.5 Å². The lowest BCUT2D eigenvalue weighted by Crippen LogP contribution is -2.15. The van der Waals surface area contributed by atoms with Crippen LogP contribution in [0.4, 0.5) is 10.1 Å². The van der Waals surface area contributed by atoms with E-state index in [1.54, 1.807) is 0 Å².